The maximum Gasteiger partial charge on any atom is 0.430 e. The zero-order valence-electron chi connectivity index (χ0n) is 21.3. The van der Waals surface area contributed by atoms with E-state index in [1.807, 2.05) is 0 Å². The first-order chi connectivity index (χ1) is 16.9. The number of hydrazone groups is 1. The van der Waals surface area contributed by atoms with E-state index in [1.54, 1.807) is 27.7 Å². The number of thiocarbonyl (C=S) groups is 1. The second kappa shape index (κ2) is 11.3. The molecule has 37 heavy (non-hydrogen) atoms. The molecule has 1 aromatic carbocycles. The number of hydrogen-bond donors (Lipinski definition) is 0. The van der Waals surface area contributed by atoms with Gasteiger partial charge in [0.05, 0.1) is 27.8 Å². The Morgan fingerprint density at radius 2 is 1.81 bits per heavy atom. The van der Waals surface area contributed by atoms with Gasteiger partial charge >= 0.3 is 18.2 Å². The number of nitrogens with zero attached hydrogens (tertiary/aromatic N) is 3. The van der Waals surface area contributed by atoms with Gasteiger partial charge in [0.2, 0.25) is 0 Å². The molecule has 1 fully saturated rings. The zero-order chi connectivity index (χ0) is 28.3. The number of ether oxygens (including phenoxy) is 2. The van der Waals surface area contributed by atoms with Crippen molar-refractivity contribution in [3.05, 3.63) is 29.8 Å². The van der Waals surface area contributed by atoms with Crippen LogP contribution in [0.25, 0.3) is 0 Å². The topological polar surface area (TPSA) is 106 Å². The number of likely N-dealkylation sites (tertiary alicyclic amines) is 1. The Labute approximate surface area is 219 Å². The van der Waals surface area contributed by atoms with Crippen LogP contribution in [0.15, 0.2) is 34.3 Å². The molecule has 9 nitrogen and oxygen atoms in total. The lowest BCUT2D eigenvalue weighted by atomic mass is 10.2. The van der Waals surface area contributed by atoms with Crippen LogP contribution < -0.4 is 0 Å². The summed E-state index contributed by atoms with van der Waals surface area (Å²) in [6, 6.07) is 2.79. The number of halogens is 3. The van der Waals surface area contributed by atoms with Crippen LogP contribution in [0.1, 0.15) is 46.1 Å². The molecule has 206 valence electrons. The Morgan fingerprint density at radius 3 is 2.35 bits per heavy atom. The largest absolute Gasteiger partial charge is 0.467 e. The highest BCUT2D eigenvalue weighted by molar-refractivity contribution is 7.92. The van der Waals surface area contributed by atoms with E-state index in [2.05, 4.69) is 5.10 Å². The van der Waals surface area contributed by atoms with Crippen LogP contribution in [0.4, 0.5) is 18.0 Å². The third-order valence-corrected chi connectivity index (χ3v) is 7.95. The molecule has 0 bridgehead atoms. The van der Waals surface area contributed by atoms with Crippen LogP contribution in [0.3, 0.4) is 0 Å². The summed E-state index contributed by atoms with van der Waals surface area (Å²) in [5.41, 5.74) is -1.66. The number of amides is 1. The monoisotopic (exact) mass is 565 g/mol. The maximum atomic E-state index is 13.5. The molecule has 0 saturated carbocycles. The highest BCUT2D eigenvalue weighted by Crippen LogP contribution is 2.37. The number of methoxy groups -OCH3 is 1. The van der Waals surface area contributed by atoms with Gasteiger partial charge in [-0.3, -0.25) is 0 Å². The molecular formula is C23H30F3N3O6S2. The van der Waals surface area contributed by atoms with Crippen molar-refractivity contribution in [1.82, 2.24) is 9.91 Å². The van der Waals surface area contributed by atoms with Crippen molar-refractivity contribution in [2.75, 3.05) is 20.7 Å². The number of carbonyl (C=O) groups is 2. The van der Waals surface area contributed by atoms with Crippen LogP contribution in [-0.4, -0.2) is 78.7 Å². The van der Waals surface area contributed by atoms with Gasteiger partial charge in [-0.2, -0.15) is 18.3 Å². The number of hydrogen-bond acceptors (Lipinski definition) is 8. The van der Waals surface area contributed by atoms with Crippen molar-refractivity contribution in [3.63, 3.8) is 0 Å². The standard InChI is InChI=1S/C23H30F3N3O6S2/c1-14(27-28(5)21(31)35-22(2,3)4)11-19(36)29-13-15(12-17(29)20(30)34-6)37(32,33)18-10-8-7-9-16(18)23(24,25)26/h7-10,15,17H,11-13H2,1-6H3/t15-,17+/m1/s1. The molecule has 1 aliphatic heterocycles. The summed E-state index contributed by atoms with van der Waals surface area (Å²) < 4.78 is 77.1. The predicted octanol–water partition coefficient (Wildman–Crippen LogP) is 4.06. The van der Waals surface area contributed by atoms with Crippen molar-refractivity contribution in [2.45, 2.75) is 68.5 Å². The van der Waals surface area contributed by atoms with Crippen LogP contribution in [0, 0.1) is 0 Å². The molecule has 2 atom stereocenters. The second-order valence-corrected chi connectivity index (χ2v) is 12.2. The first kappa shape index (κ1) is 30.5. The van der Waals surface area contributed by atoms with E-state index in [9.17, 15) is 31.2 Å². The van der Waals surface area contributed by atoms with Crippen LogP contribution in [-0.2, 0) is 30.3 Å². The van der Waals surface area contributed by atoms with Gasteiger partial charge in [-0.1, -0.05) is 24.4 Å². The molecule has 2 rings (SSSR count). The Bertz CT molecular complexity index is 1180. The first-order valence-corrected chi connectivity index (χ1v) is 13.1. The molecule has 0 spiro atoms. The van der Waals surface area contributed by atoms with Crippen molar-refractivity contribution >= 4 is 44.8 Å². The summed E-state index contributed by atoms with van der Waals surface area (Å²) in [5.74, 6) is -0.773. The predicted molar refractivity (Wildman–Crippen MR) is 134 cm³/mol. The molecule has 0 aliphatic carbocycles. The van der Waals surface area contributed by atoms with Gasteiger partial charge in [0.15, 0.2) is 9.84 Å². The van der Waals surface area contributed by atoms with E-state index in [0.717, 1.165) is 24.3 Å². The number of sulfone groups is 1. The fourth-order valence-corrected chi connectivity index (χ4v) is 6.09. The van der Waals surface area contributed by atoms with Crippen LogP contribution in [0.2, 0.25) is 0 Å². The van der Waals surface area contributed by atoms with Gasteiger partial charge in [-0.05, 0) is 46.2 Å². The van der Waals surface area contributed by atoms with E-state index in [4.69, 9.17) is 21.7 Å². The molecule has 1 heterocycles. The lowest BCUT2D eigenvalue weighted by molar-refractivity contribution is -0.144. The Hall–Kier alpha value is -2.74. The quantitative estimate of drug-likeness (QED) is 0.220. The molecule has 0 radical (unpaired) electrons. The fourth-order valence-electron chi connectivity index (χ4n) is 3.77. The lowest BCUT2D eigenvalue weighted by Crippen LogP contribution is -2.41. The van der Waals surface area contributed by atoms with Crippen molar-refractivity contribution in [1.29, 1.82) is 0 Å². The molecule has 0 unspecified atom stereocenters. The van der Waals surface area contributed by atoms with E-state index < -0.39 is 55.4 Å². The number of rotatable bonds is 6. The number of benzene rings is 1. The Kier molecular flexibility index (Phi) is 9.34. The molecule has 0 aromatic heterocycles. The molecule has 1 saturated heterocycles. The van der Waals surface area contributed by atoms with Crippen LogP contribution >= 0.6 is 12.2 Å². The number of esters is 1. The van der Waals surface area contributed by atoms with Gasteiger partial charge in [-0.25, -0.2) is 23.0 Å². The van der Waals surface area contributed by atoms with Crippen molar-refractivity contribution in [2.24, 2.45) is 5.10 Å². The molecule has 14 heteroatoms. The fraction of sp³-hybridized carbons (Fsp3) is 0.565. The number of carbonyl (C=O) groups excluding carboxylic acids is 2. The van der Waals surface area contributed by atoms with E-state index in [0.29, 0.717) is 11.8 Å². The average Bonchev–Trinajstić information content (AvgIpc) is 3.23. The molecular weight excluding hydrogens is 535 g/mol. The van der Waals surface area contributed by atoms with Crippen molar-refractivity contribution in [3.8, 4) is 0 Å². The highest BCUT2D eigenvalue weighted by atomic mass is 32.2. The molecule has 0 N–H and O–H groups in total. The van der Waals surface area contributed by atoms with Crippen LogP contribution in [0.5, 0.6) is 0 Å². The average molecular weight is 566 g/mol. The summed E-state index contributed by atoms with van der Waals surface area (Å²) in [4.78, 5) is 25.2. The Balaban J connectivity index is 2.30. The van der Waals surface area contributed by atoms with Gasteiger partial charge in [0.25, 0.3) is 0 Å². The van der Waals surface area contributed by atoms with Gasteiger partial charge in [0, 0.05) is 25.7 Å². The summed E-state index contributed by atoms with van der Waals surface area (Å²) >= 11 is 5.45. The highest BCUT2D eigenvalue weighted by Gasteiger charge is 2.47. The van der Waals surface area contributed by atoms with E-state index in [1.165, 1.54) is 18.0 Å². The smallest absolute Gasteiger partial charge is 0.430 e. The van der Waals surface area contributed by atoms with E-state index >= 15 is 0 Å². The van der Waals surface area contributed by atoms with Gasteiger partial charge in [0.1, 0.15) is 11.6 Å². The van der Waals surface area contributed by atoms with Gasteiger partial charge < -0.3 is 14.4 Å². The second-order valence-electron chi connectivity index (χ2n) is 9.50. The summed E-state index contributed by atoms with van der Waals surface area (Å²) in [6.07, 6.45) is -5.93. The van der Waals surface area contributed by atoms with Gasteiger partial charge in [-0.15, -0.1) is 0 Å². The number of alkyl halides is 3. The third-order valence-electron chi connectivity index (χ3n) is 5.38. The first-order valence-electron chi connectivity index (χ1n) is 11.2. The zero-order valence-corrected chi connectivity index (χ0v) is 23.0. The third kappa shape index (κ3) is 7.63. The lowest BCUT2D eigenvalue weighted by Gasteiger charge is -2.26. The van der Waals surface area contributed by atoms with Crippen molar-refractivity contribution < 1.29 is 40.7 Å². The minimum atomic E-state index is -4.88. The minimum Gasteiger partial charge on any atom is -0.467 e. The maximum absolute atomic E-state index is 13.5. The normalized spacial score (nSPS) is 18.9. The summed E-state index contributed by atoms with van der Waals surface area (Å²) in [6.45, 7) is 6.35. The molecule has 1 aliphatic rings. The summed E-state index contributed by atoms with van der Waals surface area (Å²) in [5, 5.41) is 3.75. The molecule has 1 aromatic rings. The minimum absolute atomic E-state index is 0.0259. The molecule has 1 amide bonds. The SMILES string of the molecule is COC(=O)[C@@H]1C[C@@H](S(=O)(=O)c2ccccc2C(F)(F)F)CN1C(=S)CC(C)=NN(C)C(=O)OC(C)(C)C. The Morgan fingerprint density at radius 1 is 1.22 bits per heavy atom. The summed E-state index contributed by atoms with van der Waals surface area (Å²) in [7, 11) is -2.00. The van der Waals surface area contributed by atoms with E-state index in [-0.39, 0.29) is 24.4 Å².